The van der Waals surface area contributed by atoms with Crippen LogP contribution >= 0.6 is 0 Å². The van der Waals surface area contributed by atoms with Gasteiger partial charge in [0.05, 0.1) is 0 Å². The van der Waals surface area contributed by atoms with Crippen LogP contribution in [0.2, 0.25) is 0 Å². The van der Waals surface area contributed by atoms with Gasteiger partial charge in [-0.1, -0.05) is 35.9 Å². The molecule has 7 heteroatoms. The molecule has 1 N–H and O–H groups in total. The monoisotopic (exact) mass is 455 g/mol. The van der Waals surface area contributed by atoms with Crippen molar-refractivity contribution in [1.82, 2.24) is 9.97 Å². The summed E-state index contributed by atoms with van der Waals surface area (Å²) in [4.78, 5) is 39.8. The third kappa shape index (κ3) is 4.51. The summed E-state index contributed by atoms with van der Waals surface area (Å²) in [5, 5.41) is 3.03. The van der Waals surface area contributed by atoms with E-state index in [1.807, 2.05) is 49.4 Å². The average molecular weight is 456 g/mol. The quantitative estimate of drug-likeness (QED) is 0.644. The Morgan fingerprint density at radius 2 is 1.62 bits per heavy atom. The number of amides is 2. The van der Waals surface area contributed by atoms with Crippen LogP contribution in [0, 0.1) is 12.8 Å². The Labute approximate surface area is 199 Å². The van der Waals surface area contributed by atoms with Gasteiger partial charge in [-0.25, -0.2) is 9.97 Å². The third-order valence-electron chi connectivity index (χ3n) is 6.79. The van der Waals surface area contributed by atoms with E-state index in [2.05, 4.69) is 26.3 Å². The normalized spacial score (nSPS) is 18.3. The molecule has 0 saturated carbocycles. The summed E-state index contributed by atoms with van der Waals surface area (Å²) in [6.45, 7) is 3.45. The molecule has 1 atom stereocenters. The van der Waals surface area contributed by atoms with E-state index in [0.717, 1.165) is 42.0 Å². The number of para-hydroxylation sites is 1. The molecule has 2 aliphatic rings. The van der Waals surface area contributed by atoms with Gasteiger partial charge in [0.15, 0.2) is 0 Å². The maximum atomic E-state index is 13.9. The average Bonchev–Trinajstić information content (AvgIpc) is 2.89. The molecule has 0 radical (unpaired) electrons. The molecular formula is C27H29N5O2. The fraction of sp³-hybridized carbons (Fsp3) is 0.333. The summed E-state index contributed by atoms with van der Waals surface area (Å²) in [6, 6.07) is 17.0. The third-order valence-corrected chi connectivity index (χ3v) is 6.79. The number of carbonyl (C=O) groups excluding carboxylic acids is 2. The molecule has 5 rings (SSSR count). The van der Waals surface area contributed by atoms with Gasteiger partial charge in [0.2, 0.25) is 17.8 Å². The number of anilines is 3. The van der Waals surface area contributed by atoms with Crippen molar-refractivity contribution >= 4 is 29.1 Å². The molecule has 7 nitrogen and oxygen atoms in total. The van der Waals surface area contributed by atoms with Gasteiger partial charge in [0, 0.05) is 42.8 Å². The van der Waals surface area contributed by atoms with E-state index in [0.29, 0.717) is 25.2 Å². The summed E-state index contributed by atoms with van der Waals surface area (Å²) < 4.78 is 0. The molecule has 0 spiro atoms. The number of hydrogen-bond acceptors (Lipinski definition) is 5. The van der Waals surface area contributed by atoms with E-state index in [9.17, 15) is 9.59 Å². The molecule has 2 amide bonds. The number of rotatable bonds is 4. The molecule has 2 aliphatic heterocycles. The van der Waals surface area contributed by atoms with Crippen molar-refractivity contribution in [1.29, 1.82) is 0 Å². The fourth-order valence-electron chi connectivity index (χ4n) is 4.91. The van der Waals surface area contributed by atoms with Crippen molar-refractivity contribution in [2.24, 2.45) is 5.92 Å². The lowest BCUT2D eigenvalue weighted by molar-refractivity contribution is -0.126. The van der Waals surface area contributed by atoms with Gasteiger partial charge in [-0.2, -0.15) is 0 Å². The summed E-state index contributed by atoms with van der Waals surface area (Å²) in [5.74, 6) is 0.458. The van der Waals surface area contributed by atoms with Gasteiger partial charge in [0.1, 0.15) is 6.04 Å². The van der Waals surface area contributed by atoms with Crippen LogP contribution in [0.15, 0.2) is 67.0 Å². The number of fused-ring (bicyclic) bond motifs is 1. The first-order valence-corrected chi connectivity index (χ1v) is 11.9. The maximum absolute atomic E-state index is 13.9. The SMILES string of the molecule is Cc1ccc(NC(=O)C2CCc3ccccc3N2C(=O)C2CCN(c3ncccn3)CC2)cc1. The Bertz CT molecular complexity index is 1160. The number of piperidine rings is 1. The van der Waals surface area contributed by atoms with E-state index in [-0.39, 0.29) is 17.7 Å². The van der Waals surface area contributed by atoms with Gasteiger partial charge in [0.25, 0.3) is 0 Å². The molecule has 3 aromatic rings. The fourth-order valence-corrected chi connectivity index (χ4v) is 4.91. The first-order chi connectivity index (χ1) is 16.6. The van der Waals surface area contributed by atoms with Crippen LogP contribution in [-0.2, 0) is 16.0 Å². The highest BCUT2D eigenvalue weighted by atomic mass is 16.2. The molecule has 34 heavy (non-hydrogen) atoms. The lowest BCUT2D eigenvalue weighted by Gasteiger charge is -2.40. The number of nitrogens with zero attached hydrogens (tertiary/aromatic N) is 4. The van der Waals surface area contributed by atoms with Crippen molar-refractivity contribution in [3.05, 3.63) is 78.1 Å². The minimum atomic E-state index is -0.529. The smallest absolute Gasteiger partial charge is 0.247 e. The van der Waals surface area contributed by atoms with Crippen LogP contribution in [-0.4, -0.2) is 40.9 Å². The summed E-state index contributed by atoms with van der Waals surface area (Å²) in [7, 11) is 0. The number of aryl methyl sites for hydroxylation is 2. The molecule has 174 valence electrons. The summed E-state index contributed by atoms with van der Waals surface area (Å²) in [5.41, 5.74) is 3.86. The van der Waals surface area contributed by atoms with Crippen LogP contribution < -0.4 is 15.1 Å². The predicted molar refractivity (Wildman–Crippen MR) is 133 cm³/mol. The Balaban J connectivity index is 1.35. The first kappa shape index (κ1) is 22.1. The predicted octanol–water partition coefficient (Wildman–Crippen LogP) is 3.99. The Morgan fingerprint density at radius 1 is 0.912 bits per heavy atom. The van der Waals surface area contributed by atoms with Gasteiger partial charge >= 0.3 is 0 Å². The van der Waals surface area contributed by atoms with E-state index in [1.54, 1.807) is 23.4 Å². The van der Waals surface area contributed by atoms with Crippen molar-refractivity contribution in [3.8, 4) is 0 Å². The second-order valence-corrected chi connectivity index (χ2v) is 9.06. The van der Waals surface area contributed by atoms with Crippen molar-refractivity contribution in [3.63, 3.8) is 0 Å². The summed E-state index contributed by atoms with van der Waals surface area (Å²) in [6.07, 6.45) is 6.28. The second kappa shape index (κ2) is 9.63. The van der Waals surface area contributed by atoms with E-state index in [1.165, 1.54) is 0 Å². The zero-order valence-electron chi connectivity index (χ0n) is 19.4. The van der Waals surface area contributed by atoms with E-state index >= 15 is 0 Å². The van der Waals surface area contributed by atoms with Gasteiger partial charge < -0.3 is 10.2 Å². The van der Waals surface area contributed by atoms with Crippen molar-refractivity contribution in [2.45, 2.75) is 38.6 Å². The molecule has 3 heterocycles. The standard InChI is InChI=1S/C27H29N5O2/c1-19-7-10-22(11-8-19)30-25(33)24-12-9-20-5-2-3-6-23(20)32(24)26(34)21-13-17-31(18-14-21)27-28-15-4-16-29-27/h2-8,10-11,15-16,21,24H,9,12-14,17-18H2,1H3,(H,30,33). The van der Waals surface area contributed by atoms with Gasteiger partial charge in [-0.3, -0.25) is 14.5 Å². The molecule has 2 aromatic carbocycles. The molecule has 0 bridgehead atoms. The molecule has 1 aromatic heterocycles. The van der Waals surface area contributed by atoms with E-state index in [4.69, 9.17) is 0 Å². The highest BCUT2D eigenvalue weighted by Crippen LogP contribution is 2.34. The largest absolute Gasteiger partial charge is 0.341 e. The van der Waals surface area contributed by atoms with Crippen LogP contribution in [0.4, 0.5) is 17.3 Å². The number of benzene rings is 2. The minimum absolute atomic E-state index is 0.0323. The first-order valence-electron chi connectivity index (χ1n) is 11.9. The molecule has 1 unspecified atom stereocenters. The topological polar surface area (TPSA) is 78.4 Å². The zero-order valence-corrected chi connectivity index (χ0v) is 19.4. The Hall–Kier alpha value is -3.74. The number of nitrogens with one attached hydrogen (secondary N) is 1. The number of hydrogen-bond donors (Lipinski definition) is 1. The Morgan fingerprint density at radius 3 is 2.35 bits per heavy atom. The minimum Gasteiger partial charge on any atom is -0.341 e. The van der Waals surface area contributed by atoms with Gasteiger partial charge in [-0.05, 0) is 62.4 Å². The van der Waals surface area contributed by atoms with Crippen LogP contribution in [0.25, 0.3) is 0 Å². The lowest BCUT2D eigenvalue weighted by Crippen LogP contribution is -2.53. The Kier molecular flexibility index (Phi) is 6.25. The van der Waals surface area contributed by atoms with E-state index < -0.39 is 6.04 Å². The summed E-state index contributed by atoms with van der Waals surface area (Å²) >= 11 is 0. The van der Waals surface area contributed by atoms with Crippen LogP contribution in [0.5, 0.6) is 0 Å². The second-order valence-electron chi connectivity index (χ2n) is 9.06. The number of aromatic nitrogens is 2. The maximum Gasteiger partial charge on any atom is 0.247 e. The van der Waals surface area contributed by atoms with Crippen molar-refractivity contribution < 1.29 is 9.59 Å². The lowest BCUT2D eigenvalue weighted by atomic mass is 9.90. The van der Waals surface area contributed by atoms with Crippen LogP contribution in [0.3, 0.4) is 0 Å². The zero-order chi connectivity index (χ0) is 23.5. The highest BCUT2D eigenvalue weighted by molar-refractivity contribution is 6.06. The molecule has 1 fully saturated rings. The van der Waals surface area contributed by atoms with Crippen molar-refractivity contribution in [2.75, 3.05) is 28.2 Å². The van der Waals surface area contributed by atoms with Gasteiger partial charge in [-0.15, -0.1) is 0 Å². The van der Waals surface area contributed by atoms with Crippen LogP contribution in [0.1, 0.15) is 30.4 Å². The highest BCUT2D eigenvalue weighted by Gasteiger charge is 2.39. The molecule has 0 aliphatic carbocycles. The number of carbonyl (C=O) groups is 2. The molecular weight excluding hydrogens is 426 g/mol. The molecule has 1 saturated heterocycles.